The maximum atomic E-state index is 12.5. The quantitative estimate of drug-likeness (QED) is 0.0875. The second-order valence-electron chi connectivity index (χ2n) is 12.7. The molecular weight excluding hydrogens is 732 g/mol. The van der Waals surface area contributed by atoms with Gasteiger partial charge in [-0.25, -0.2) is 9.59 Å². The van der Waals surface area contributed by atoms with Crippen LogP contribution >= 0.6 is 0 Å². The Kier molecular flexibility index (Phi) is 14.4. The van der Waals surface area contributed by atoms with E-state index in [-0.39, 0.29) is 0 Å². The number of carbonyl (C=O) groups is 4. The summed E-state index contributed by atoms with van der Waals surface area (Å²) in [5.74, 6) is -5.28. The minimum absolute atomic E-state index is 0.752. The highest BCUT2D eigenvalue weighted by Gasteiger charge is 2.57. The molecule has 4 heterocycles. The predicted molar refractivity (Wildman–Crippen MR) is 158 cm³/mol. The van der Waals surface area contributed by atoms with Gasteiger partial charge in [0.05, 0.1) is 13.2 Å². The number of amides is 2. The molecule has 0 radical (unpaired) electrons. The molecule has 0 bridgehead atoms. The van der Waals surface area contributed by atoms with Crippen LogP contribution in [0.25, 0.3) is 0 Å². The molecule has 0 saturated carbocycles. The van der Waals surface area contributed by atoms with E-state index in [1.165, 1.54) is 0 Å². The van der Waals surface area contributed by atoms with Crippen molar-refractivity contribution >= 4 is 23.8 Å². The summed E-state index contributed by atoms with van der Waals surface area (Å²) in [6, 6.07) is -3.38. The summed E-state index contributed by atoms with van der Waals surface area (Å²) in [6.45, 7) is 0.116. The van der Waals surface area contributed by atoms with Gasteiger partial charge in [-0.2, -0.15) is 0 Å². The number of carboxylic acids is 2. The molecule has 304 valence electrons. The summed E-state index contributed by atoms with van der Waals surface area (Å²) >= 11 is 0. The standard InChI is InChI=1S/C28H44N2O23/c1-5(33)29-9-18(11(35)7(3-31)47-25(9)46)49-28-17(41)15(39)20(22(53-28)24(44)45)51-26-10(30-6(2)34)19(12(36)8(4-32)48-26)50-27-16(40)13(37)14(38)21(52-27)23(42)43/h7-22,25-28,31-32,35-41,46H,3-4H2,1-2H3,(H,29,33)(H,30,34)(H,42,43)(H,44,45)/t7?,8?,9?,10?,11-,12-,13+,14+,15-,16?,17?,18-,19-,20+,21?,22?,25?,26+,27-,28-/m1/s1. The van der Waals surface area contributed by atoms with Crippen LogP contribution in [0.15, 0.2) is 0 Å². The zero-order chi connectivity index (χ0) is 39.6. The molecule has 4 rings (SSSR count). The minimum atomic E-state index is -2.30. The Morgan fingerprint density at radius 2 is 0.943 bits per heavy atom. The summed E-state index contributed by atoms with van der Waals surface area (Å²) in [5, 5.41) is 129. The average Bonchev–Trinajstić information content (AvgIpc) is 3.08. The number of aliphatic carboxylic acids is 2. The third kappa shape index (κ3) is 9.19. The summed E-state index contributed by atoms with van der Waals surface area (Å²) in [4.78, 5) is 48.2. The van der Waals surface area contributed by atoms with Crippen LogP contribution in [-0.2, 0) is 52.3 Å². The second kappa shape index (κ2) is 17.8. The SMILES string of the molecule is CC(=O)NC1C(O)OC(CO)[C@@H](O)[C@@H]1O[C@@H]1OC(C(=O)O)[C@@H](O[C@@H]2OC(CO)[C@@H](O)[C@H](O[C@@H]3OC(C(=O)O)[C@@H](O)[C@H](O)C3O)C2NC(C)=O)[C@H](O)C1O. The molecule has 25 nitrogen and oxygen atoms in total. The summed E-state index contributed by atoms with van der Waals surface area (Å²) in [7, 11) is 0. The molecule has 4 fully saturated rings. The van der Waals surface area contributed by atoms with Crippen LogP contribution in [0.4, 0.5) is 0 Å². The van der Waals surface area contributed by atoms with Gasteiger partial charge in [-0.1, -0.05) is 0 Å². The smallest absolute Gasteiger partial charge is 0.335 e. The minimum Gasteiger partial charge on any atom is -0.479 e. The fourth-order valence-corrected chi connectivity index (χ4v) is 6.30. The number of aliphatic hydroxyl groups is 10. The first kappa shape index (κ1) is 42.9. The fraction of sp³-hybridized carbons (Fsp3) is 0.857. The Bertz CT molecular complexity index is 1300. The lowest BCUT2D eigenvalue weighted by atomic mass is 9.94. The zero-order valence-corrected chi connectivity index (χ0v) is 27.8. The van der Waals surface area contributed by atoms with Crippen molar-refractivity contribution in [2.24, 2.45) is 0 Å². The molecule has 53 heavy (non-hydrogen) atoms. The maximum Gasteiger partial charge on any atom is 0.335 e. The molecule has 2 amide bonds. The van der Waals surface area contributed by atoms with Gasteiger partial charge in [0.15, 0.2) is 37.4 Å². The van der Waals surface area contributed by atoms with Crippen LogP contribution in [0, 0.1) is 0 Å². The fourth-order valence-electron chi connectivity index (χ4n) is 6.30. The highest BCUT2D eigenvalue weighted by Crippen LogP contribution is 2.34. The molecule has 0 aromatic heterocycles. The Hall–Kier alpha value is -2.80. The number of nitrogens with one attached hydrogen (secondary N) is 2. The predicted octanol–water partition coefficient (Wildman–Crippen LogP) is -9.28. The Morgan fingerprint density at radius 1 is 0.509 bits per heavy atom. The van der Waals surface area contributed by atoms with E-state index in [1.807, 2.05) is 0 Å². The van der Waals surface area contributed by atoms with Crippen LogP contribution in [0.2, 0.25) is 0 Å². The molecule has 25 heteroatoms. The maximum absolute atomic E-state index is 12.5. The lowest BCUT2D eigenvalue weighted by molar-refractivity contribution is -0.368. The third-order valence-corrected chi connectivity index (χ3v) is 8.94. The van der Waals surface area contributed by atoms with Crippen molar-refractivity contribution in [3.05, 3.63) is 0 Å². The van der Waals surface area contributed by atoms with Gasteiger partial charge in [-0.3, -0.25) is 9.59 Å². The molecule has 4 saturated heterocycles. The van der Waals surface area contributed by atoms with Crippen molar-refractivity contribution in [2.45, 2.75) is 137 Å². The topological polar surface area (TPSA) is 400 Å². The van der Waals surface area contributed by atoms with Crippen LogP contribution in [0.3, 0.4) is 0 Å². The van der Waals surface area contributed by atoms with E-state index < -0.39 is 160 Å². The Labute approximate surface area is 298 Å². The van der Waals surface area contributed by atoms with E-state index >= 15 is 0 Å². The van der Waals surface area contributed by atoms with Gasteiger partial charge in [0, 0.05) is 13.8 Å². The van der Waals surface area contributed by atoms with Crippen molar-refractivity contribution in [2.75, 3.05) is 13.2 Å². The molecule has 9 unspecified atom stereocenters. The first-order valence-electron chi connectivity index (χ1n) is 16.1. The average molecular weight is 777 g/mol. The largest absolute Gasteiger partial charge is 0.479 e. The Balaban J connectivity index is 1.62. The van der Waals surface area contributed by atoms with Gasteiger partial charge >= 0.3 is 11.9 Å². The molecule has 4 aliphatic rings. The van der Waals surface area contributed by atoms with E-state index in [0.29, 0.717) is 0 Å². The second-order valence-corrected chi connectivity index (χ2v) is 12.7. The van der Waals surface area contributed by atoms with Gasteiger partial charge in [-0.05, 0) is 0 Å². The number of aliphatic hydroxyl groups excluding tert-OH is 10. The Morgan fingerprint density at radius 3 is 1.43 bits per heavy atom. The lowest BCUT2D eigenvalue weighted by Crippen LogP contribution is -2.70. The summed E-state index contributed by atoms with van der Waals surface area (Å²) < 4.78 is 38.0. The monoisotopic (exact) mass is 776 g/mol. The molecule has 0 aliphatic carbocycles. The van der Waals surface area contributed by atoms with Crippen LogP contribution in [-0.4, -0.2) is 221 Å². The van der Waals surface area contributed by atoms with Gasteiger partial charge in [-0.15, -0.1) is 0 Å². The van der Waals surface area contributed by atoms with Crippen LogP contribution < -0.4 is 10.6 Å². The third-order valence-electron chi connectivity index (χ3n) is 8.94. The molecular formula is C28H44N2O23. The van der Waals surface area contributed by atoms with E-state index in [4.69, 9.17) is 33.2 Å². The van der Waals surface area contributed by atoms with E-state index in [1.54, 1.807) is 0 Å². The van der Waals surface area contributed by atoms with Gasteiger partial charge in [0.25, 0.3) is 0 Å². The van der Waals surface area contributed by atoms with Gasteiger partial charge < -0.3 is 105 Å². The van der Waals surface area contributed by atoms with Crippen molar-refractivity contribution in [1.82, 2.24) is 10.6 Å². The molecule has 14 N–H and O–H groups in total. The first-order chi connectivity index (χ1) is 24.8. The van der Waals surface area contributed by atoms with Crippen molar-refractivity contribution in [3.8, 4) is 0 Å². The highest BCUT2D eigenvalue weighted by molar-refractivity contribution is 5.74. The van der Waals surface area contributed by atoms with Crippen molar-refractivity contribution in [1.29, 1.82) is 0 Å². The van der Waals surface area contributed by atoms with Crippen LogP contribution in [0.1, 0.15) is 13.8 Å². The number of ether oxygens (including phenoxy) is 7. The number of rotatable bonds is 12. The lowest BCUT2D eigenvalue weighted by Gasteiger charge is -2.49. The van der Waals surface area contributed by atoms with Gasteiger partial charge in [0.1, 0.15) is 85.3 Å². The number of hydrogen-bond donors (Lipinski definition) is 14. The highest BCUT2D eigenvalue weighted by atomic mass is 16.8. The van der Waals surface area contributed by atoms with Crippen molar-refractivity contribution < 1.29 is 114 Å². The molecule has 4 aliphatic heterocycles. The number of carbonyl (C=O) groups excluding carboxylic acids is 2. The number of hydrogen-bond acceptors (Lipinski definition) is 21. The molecule has 0 spiro atoms. The first-order valence-corrected chi connectivity index (χ1v) is 16.1. The van der Waals surface area contributed by atoms with E-state index in [9.17, 15) is 80.5 Å². The van der Waals surface area contributed by atoms with Crippen LogP contribution in [0.5, 0.6) is 0 Å². The number of carboxylic acid groups (broad SMARTS) is 2. The van der Waals surface area contributed by atoms with Gasteiger partial charge in [0.2, 0.25) is 11.8 Å². The summed E-state index contributed by atoms with van der Waals surface area (Å²) in [5.41, 5.74) is 0. The van der Waals surface area contributed by atoms with E-state index in [2.05, 4.69) is 10.6 Å². The normalized spacial score (nSPS) is 46.3. The zero-order valence-electron chi connectivity index (χ0n) is 27.8. The molecule has 0 aromatic carbocycles. The summed E-state index contributed by atoms with van der Waals surface area (Å²) in [6.07, 6.45) is -36.5. The molecule has 0 aromatic rings. The molecule has 20 atom stereocenters. The van der Waals surface area contributed by atoms with Crippen molar-refractivity contribution in [3.63, 3.8) is 0 Å². The van der Waals surface area contributed by atoms with E-state index in [0.717, 1.165) is 13.8 Å².